The minimum Gasteiger partial charge on any atom is -0.259 e. The Morgan fingerprint density at radius 2 is 2.46 bits per heavy atom. The van der Waals surface area contributed by atoms with Gasteiger partial charge in [0.1, 0.15) is 5.92 Å². The Morgan fingerprint density at radius 3 is 3.00 bits per heavy atom. The molecule has 0 saturated heterocycles. The lowest BCUT2D eigenvalue weighted by atomic mass is 10.1. The number of pyridine rings is 1. The van der Waals surface area contributed by atoms with Crippen molar-refractivity contribution in [2.75, 3.05) is 5.88 Å². The summed E-state index contributed by atoms with van der Waals surface area (Å²) >= 11 is 9.03. The summed E-state index contributed by atoms with van der Waals surface area (Å²) in [5.74, 6) is -0.0677. The third-order valence-electron chi connectivity index (χ3n) is 1.75. The average molecular weight is 260 g/mol. The highest BCUT2D eigenvalue weighted by molar-refractivity contribution is 9.10. The van der Waals surface area contributed by atoms with Gasteiger partial charge in [-0.05, 0) is 34.5 Å². The maximum Gasteiger partial charge on any atom is 0.103 e. The van der Waals surface area contributed by atoms with E-state index in [-0.39, 0.29) is 11.8 Å². The molecule has 1 atom stereocenters. The van der Waals surface area contributed by atoms with Crippen LogP contribution < -0.4 is 0 Å². The molecule has 1 heterocycles. The van der Waals surface area contributed by atoms with Crippen molar-refractivity contribution in [2.24, 2.45) is 0 Å². The van der Waals surface area contributed by atoms with Crippen LogP contribution in [0.4, 0.5) is 0 Å². The molecule has 0 bridgehead atoms. The van der Waals surface area contributed by atoms with Crippen LogP contribution in [0.5, 0.6) is 0 Å². The van der Waals surface area contributed by atoms with Crippen molar-refractivity contribution in [2.45, 2.75) is 12.8 Å². The van der Waals surface area contributed by atoms with Gasteiger partial charge in [-0.3, -0.25) is 4.98 Å². The zero-order chi connectivity index (χ0) is 9.84. The molecule has 0 aliphatic rings. The van der Waals surface area contributed by atoms with Crippen molar-refractivity contribution < 1.29 is 0 Å². The van der Waals surface area contributed by atoms with Crippen LogP contribution in [0.1, 0.15) is 17.2 Å². The van der Waals surface area contributed by atoms with Crippen LogP contribution in [-0.4, -0.2) is 10.9 Å². The van der Waals surface area contributed by atoms with Crippen LogP contribution in [0.3, 0.4) is 0 Å². The van der Waals surface area contributed by atoms with Gasteiger partial charge in [-0.25, -0.2) is 0 Å². The highest BCUT2D eigenvalue weighted by Gasteiger charge is 2.14. The molecular weight excluding hydrogens is 251 g/mol. The summed E-state index contributed by atoms with van der Waals surface area (Å²) in [6, 6.07) is 4.00. The first-order valence-electron chi connectivity index (χ1n) is 3.77. The van der Waals surface area contributed by atoms with E-state index in [4.69, 9.17) is 16.9 Å². The van der Waals surface area contributed by atoms with Crippen molar-refractivity contribution in [3.8, 4) is 6.07 Å². The molecule has 0 radical (unpaired) electrons. The molecule has 0 fully saturated rings. The van der Waals surface area contributed by atoms with Crippen LogP contribution >= 0.6 is 27.5 Å². The molecule has 68 valence electrons. The number of nitrogens with zero attached hydrogens (tertiary/aromatic N) is 2. The highest BCUT2D eigenvalue weighted by Crippen LogP contribution is 2.26. The van der Waals surface area contributed by atoms with E-state index >= 15 is 0 Å². The molecule has 0 spiro atoms. The number of hydrogen-bond acceptors (Lipinski definition) is 2. The number of alkyl halides is 1. The zero-order valence-corrected chi connectivity index (χ0v) is 9.43. The van der Waals surface area contributed by atoms with Gasteiger partial charge in [0.25, 0.3) is 0 Å². The number of aromatic nitrogens is 1. The van der Waals surface area contributed by atoms with Gasteiger partial charge in [-0.1, -0.05) is 0 Å². The molecule has 0 N–H and O–H groups in total. The van der Waals surface area contributed by atoms with Crippen LogP contribution in [0.25, 0.3) is 0 Å². The Hall–Kier alpha value is -0.590. The number of nitriles is 1. The van der Waals surface area contributed by atoms with E-state index < -0.39 is 0 Å². The van der Waals surface area contributed by atoms with Gasteiger partial charge in [-0.2, -0.15) is 5.26 Å². The third kappa shape index (κ3) is 2.20. The van der Waals surface area contributed by atoms with Crippen molar-refractivity contribution in [1.82, 2.24) is 4.98 Å². The van der Waals surface area contributed by atoms with E-state index in [0.29, 0.717) is 0 Å². The fraction of sp³-hybridized carbons (Fsp3) is 0.333. The van der Waals surface area contributed by atoms with E-state index in [0.717, 1.165) is 15.7 Å². The predicted octanol–water partition coefficient (Wildman–Crippen LogP) is 3.00. The molecule has 1 rings (SSSR count). The number of halogens is 2. The average Bonchev–Trinajstić information content (AvgIpc) is 2.14. The Kier molecular flexibility index (Phi) is 3.71. The molecule has 1 aromatic heterocycles. The van der Waals surface area contributed by atoms with Gasteiger partial charge < -0.3 is 0 Å². The first-order valence-corrected chi connectivity index (χ1v) is 5.10. The lowest BCUT2D eigenvalue weighted by molar-refractivity contribution is 0.912. The quantitative estimate of drug-likeness (QED) is 0.766. The molecule has 0 aliphatic carbocycles. The second kappa shape index (κ2) is 4.59. The van der Waals surface area contributed by atoms with E-state index in [1.165, 1.54) is 0 Å². The largest absolute Gasteiger partial charge is 0.259 e. The number of aryl methyl sites for hydroxylation is 1. The minimum atomic E-state index is -0.337. The summed E-state index contributed by atoms with van der Waals surface area (Å²) in [5.41, 5.74) is 1.79. The number of rotatable bonds is 2. The lowest BCUT2D eigenvalue weighted by Crippen LogP contribution is -2.02. The van der Waals surface area contributed by atoms with Gasteiger partial charge in [0.2, 0.25) is 0 Å². The first kappa shape index (κ1) is 10.5. The first-order chi connectivity index (χ1) is 6.20. The summed E-state index contributed by atoms with van der Waals surface area (Å²) in [6.45, 7) is 1.96. The maximum atomic E-state index is 8.80. The molecule has 1 unspecified atom stereocenters. The molecular formula is C9H8BrClN2. The summed E-state index contributed by atoms with van der Waals surface area (Å²) in [5, 5.41) is 8.80. The predicted molar refractivity (Wildman–Crippen MR) is 55.7 cm³/mol. The Balaban J connectivity index is 3.15. The second-order valence-corrected chi connectivity index (χ2v) is 3.76. The van der Waals surface area contributed by atoms with Gasteiger partial charge in [0.05, 0.1) is 11.8 Å². The maximum absolute atomic E-state index is 8.80. The Bertz CT molecular complexity index is 346. The molecule has 1 aromatic rings. The Morgan fingerprint density at radius 1 is 1.77 bits per heavy atom. The number of hydrogen-bond donors (Lipinski definition) is 0. The lowest BCUT2D eigenvalue weighted by Gasteiger charge is -2.08. The fourth-order valence-electron chi connectivity index (χ4n) is 0.973. The summed E-state index contributed by atoms with van der Waals surface area (Å²) in [7, 11) is 0. The van der Waals surface area contributed by atoms with E-state index in [9.17, 15) is 0 Å². The van der Waals surface area contributed by atoms with Crippen molar-refractivity contribution in [3.63, 3.8) is 0 Å². The van der Waals surface area contributed by atoms with Crippen LogP contribution in [0, 0.1) is 18.3 Å². The molecule has 0 aliphatic heterocycles. The smallest absolute Gasteiger partial charge is 0.103 e. The minimum absolute atomic E-state index is 0.269. The fourth-order valence-corrected chi connectivity index (χ4v) is 1.70. The van der Waals surface area contributed by atoms with Crippen LogP contribution in [-0.2, 0) is 0 Å². The van der Waals surface area contributed by atoms with Crippen molar-refractivity contribution >= 4 is 27.5 Å². The van der Waals surface area contributed by atoms with E-state index in [1.54, 1.807) is 6.20 Å². The molecule has 0 saturated carbocycles. The Labute approximate surface area is 90.7 Å². The summed E-state index contributed by atoms with van der Waals surface area (Å²) in [6.07, 6.45) is 1.69. The third-order valence-corrected chi connectivity index (χ3v) is 3.09. The topological polar surface area (TPSA) is 36.7 Å². The van der Waals surface area contributed by atoms with Crippen LogP contribution in [0.2, 0.25) is 0 Å². The SMILES string of the molecule is Cc1ccnc(C(C#N)CCl)c1Br. The van der Waals surface area contributed by atoms with Crippen LogP contribution in [0.15, 0.2) is 16.7 Å². The van der Waals surface area contributed by atoms with Gasteiger partial charge in [0.15, 0.2) is 0 Å². The molecule has 13 heavy (non-hydrogen) atoms. The van der Waals surface area contributed by atoms with Gasteiger partial charge in [-0.15, -0.1) is 11.6 Å². The molecule has 2 nitrogen and oxygen atoms in total. The molecule has 0 amide bonds. The van der Waals surface area contributed by atoms with E-state index in [1.807, 2.05) is 13.0 Å². The highest BCUT2D eigenvalue weighted by atomic mass is 79.9. The normalized spacial score (nSPS) is 12.2. The van der Waals surface area contributed by atoms with E-state index in [2.05, 4.69) is 27.0 Å². The zero-order valence-electron chi connectivity index (χ0n) is 7.09. The standard InChI is InChI=1S/C9H8BrClN2/c1-6-2-3-13-9(8(6)10)7(4-11)5-12/h2-3,7H,4H2,1H3. The summed E-state index contributed by atoms with van der Waals surface area (Å²) < 4.78 is 0.877. The van der Waals surface area contributed by atoms with Crippen molar-refractivity contribution in [3.05, 3.63) is 28.0 Å². The molecule has 0 aromatic carbocycles. The molecule has 4 heteroatoms. The second-order valence-electron chi connectivity index (χ2n) is 2.66. The van der Waals surface area contributed by atoms with Gasteiger partial charge >= 0.3 is 0 Å². The summed E-state index contributed by atoms with van der Waals surface area (Å²) in [4.78, 5) is 4.13. The monoisotopic (exact) mass is 258 g/mol. The van der Waals surface area contributed by atoms with Crippen molar-refractivity contribution in [1.29, 1.82) is 5.26 Å². The van der Waals surface area contributed by atoms with Gasteiger partial charge in [0, 0.05) is 16.5 Å².